The minimum Gasteiger partial charge on any atom is -0.394 e. The summed E-state index contributed by atoms with van der Waals surface area (Å²) in [6.07, 6.45) is 0.552. The molecular formula is C13H14F3NO3. The lowest BCUT2D eigenvalue weighted by Gasteiger charge is -2.19. The van der Waals surface area contributed by atoms with Gasteiger partial charge in [-0.25, -0.2) is 13.2 Å². The number of hydrogen-bond acceptors (Lipinski definition) is 3. The number of benzene rings is 1. The Morgan fingerprint density at radius 2 is 2.05 bits per heavy atom. The first-order valence-electron chi connectivity index (χ1n) is 6.16. The van der Waals surface area contributed by atoms with E-state index in [1.165, 1.54) is 0 Å². The molecule has 4 nitrogen and oxygen atoms in total. The Morgan fingerprint density at radius 3 is 2.55 bits per heavy atom. The van der Waals surface area contributed by atoms with Gasteiger partial charge >= 0.3 is 0 Å². The second-order valence-electron chi connectivity index (χ2n) is 4.60. The zero-order valence-electron chi connectivity index (χ0n) is 10.5. The van der Waals surface area contributed by atoms with Gasteiger partial charge in [-0.1, -0.05) is 0 Å². The lowest BCUT2D eigenvalue weighted by atomic mass is 10.0. The number of hydrogen-bond donors (Lipinski definition) is 2. The molecule has 0 aliphatic carbocycles. The van der Waals surface area contributed by atoms with Crippen LogP contribution in [0.2, 0.25) is 0 Å². The van der Waals surface area contributed by atoms with Crippen LogP contribution in [0.4, 0.5) is 13.2 Å². The zero-order chi connectivity index (χ0) is 14.7. The minimum atomic E-state index is -1.58. The van der Waals surface area contributed by atoms with Crippen molar-refractivity contribution in [3.8, 4) is 0 Å². The summed E-state index contributed by atoms with van der Waals surface area (Å²) in [6, 6.07) is 0.517. The van der Waals surface area contributed by atoms with Crippen LogP contribution < -0.4 is 5.32 Å². The summed E-state index contributed by atoms with van der Waals surface area (Å²) in [5, 5.41) is 11.7. The Balaban J connectivity index is 2.13. The van der Waals surface area contributed by atoms with E-state index in [0.717, 1.165) is 12.1 Å². The first-order valence-corrected chi connectivity index (χ1v) is 6.16. The standard InChI is InChI=1S/C13H14F3NO3/c14-9-3-8(4-10(15)12(9)16)11(5-18)17-13(19)7-1-2-20-6-7/h3-4,7,11,18H,1-2,5-6H2,(H,17,19). The van der Waals surface area contributed by atoms with Crippen molar-refractivity contribution in [3.05, 3.63) is 35.1 Å². The molecule has 1 aromatic carbocycles. The summed E-state index contributed by atoms with van der Waals surface area (Å²) in [4.78, 5) is 11.9. The Labute approximate surface area is 113 Å². The summed E-state index contributed by atoms with van der Waals surface area (Å²) < 4.78 is 44.2. The van der Waals surface area contributed by atoms with Gasteiger partial charge in [0.25, 0.3) is 0 Å². The van der Waals surface area contributed by atoms with Crippen molar-refractivity contribution >= 4 is 5.91 Å². The maximum atomic E-state index is 13.1. The van der Waals surface area contributed by atoms with Crippen LogP contribution in [-0.2, 0) is 9.53 Å². The number of amides is 1. The molecule has 0 radical (unpaired) electrons. The molecule has 1 aliphatic heterocycles. The Kier molecular flexibility index (Phi) is 4.61. The number of aliphatic hydroxyl groups is 1. The van der Waals surface area contributed by atoms with Crippen molar-refractivity contribution in [1.29, 1.82) is 0 Å². The molecule has 2 N–H and O–H groups in total. The summed E-state index contributed by atoms with van der Waals surface area (Å²) in [6.45, 7) is 0.196. The highest BCUT2D eigenvalue weighted by atomic mass is 19.2. The third-order valence-corrected chi connectivity index (χ3v) is 3.21. The first kappa shape index (κ1) is 14.8. The summed E-state index contributed by atoms with van der Waals surface area (Å²) >= 11 is 0. The lowest BCUT2D eigenvalue weighted by Crippen LogP contribution is -2.36. The molecule has 1 saturated heterocycles. The second kappa shape index (κ2) is 6.23. The van der Waals surface area contributed by atoms with Gasteiger partial charge in [-0.05, 0) is 24.1 Å². The fourth-order valence-electron chi connectivity index (χ4n) is 2.04. The van der Waals surface area contributed by atoms with Crippen molar-refractivity contribution in [2.24, 2.45) is 5.92 Å². The third-order valence-electron chi connectivity index (χ3n) is 3.21. The molecule has 1 amide bonds. The van der Waals surface area contributed by atoms with Crippen molar-refractivity contribution < 1.29 is 27.8 Å². The topological polar surface area (TPSA) is 58.6 Å². The van der Waals surface area contributed by atoms with E-state index in [1.54, 1.807) is 0 Å². The van der Waals surface area contributed by atoms with Gasteiger partial charge in [0.2, 0.25) is 5.91 Å². The number of ether oxygens (including phenoxy) is 1. The van der Waals surface area contributed by atoms with Crippen LogP contribution in [0, 0.1) is 23.4 Å². The maximum Gasteiger partial charge on any atom is 0.226 e. The van der Waals surface area contributed by atoms with Crippen LogP contribution in [0.15, 0.2) is 12.1 Å². The molecule has 1 heterocycles. The summed E-state index contributed by atoms with van der Waals surface area (Å²) in [5.74, 6) is -5.03. The Morgan fingerprint density at radius 1 is 1.40 bits per heavy atom. The van der Waals surface area contributed by atoms with E-state index < -0.39 is 30.1 Å². The molecule has 1 aromatic rings. The molecule has 2 rings (SSSR count). The monoisotopic (exact) mass is 289 g/mol. The van der Waals surface area contributed by atoms with Crippen LogP contribution in [0.5, 0.6) is 0 Å². The van der Waals surface area contributed by atoms with Gasteiger partial charge in [0.1, 0.15) is 0 Å². The number of carbonyl (C=O) groups is 1. The van der Waals surface area contributed by atoms with Crippen LogP contribution in [0.3, 0.4) is 0 Å². The highest BCUT2D eigenvalue weighted by molar-refractivity contribution is 5.79. The average molecular weight is 289 g/mol. The van der Waals surface area contributed by atoms with E-state index in [1.807, 2.05) is 0 Å². The smallest absolute Gasteiger partial charge is 0.226 e. The minimum absolute atomic E-state index is 0.0313. The molecule has 0 aromatic heterocycles. The second-order valence-corrected chi connectivity index (χ2v) is 4.60. The highest BCUT2D eigenvalue weighted by Gasteiger charge is 2.26. The molecule has 20 heavy (non-hydrogen) atoms. The molecule has 110 valence electrons. The van der Waals surface area contributed by atoms with Crippen molar-refractivity contribution in [2.75, 3.05) is 19.8 Å². The molecule has 2 unspecified atom stereocenters. The van der Waals surface area contributed by atoms with Crippen LogP contribution in [0.1, 0.15) is 18.0 Å². The van der Waals surface area contributed by atoms with E-state index >= 15 is 0 Å². The number of carbonyl (C=O) groups excluding carboxylic acids is 1. The van der Waals surface area contributed by atoms with Gasteiger partial charge < -0.3 is 15.2 Å². The predicted molar refractivity (Wildman–Crippen MR) is 63.2 cm³/mol. The largest absolute Gasteiger partial charge is 0.394 e. The number of aliphatic hydroxyl groups excluding tert-OH is 1. The molecule has 0 spiro atoms. The maximum absolute atomic E-state index is 13.1. The average Bonchev–Trinajstić information content (AvgIpc) is 2.95. The lowest BCUT2D eigenvalue weighted by molar-refractivity contribution is -0.126. The molecule has 2 atom stereocenters. The number of rotatable bonds is 4. The first-order chi connectivity index (χ1) is 9.52. The molecule has 0 bridgehead atoms. The van der Waals surface area contributed by atoms with Crippen LogP contribution in [-0.4, -0.2) is 30.8 Å². The fourth-order valence-corrected chi connectivity index (χ4v) is 2.04. The highest BCUT2D eigenvalue weighted by Crippen LogP contribution is 2.20. The third kappa shape index (κ3) is 3.10. The summed E-state index contributed by atoms with van der Waals surface area (Å²) in [7, 11) is 0. The fraction of sp³-hybridized carbons (Fsp3) is 0.462. The predicted octanol–water partition coefficient (Wildman–Crippen LogP) is 1.29. The van der Waals surface area contributed by atoms with Gasteiger partial charge in [0, 0.05) is 6.61 Å². The molecule has 7 heteroatoms. The van der Waals surface area contributed by atoms with E-state index in [2.05, 4.69) is 5.32 Å². The van der Waals surface area contributed by atoms with E-state index in [4.69, 9.17) is 4.74 Å². The summed E-state index contributed by atoms with van der Waals surface area (Å²) in [5.41, 5.74) is -0.0313. The quantitative estimate of drug-likeness (QED) is 0.821. The van der Waals surface area contributed by atoms with Crippen molar-refractivity contribution in [3.63, 3.8) is 0 Å². The van der Waals surface area contributed by atoms with Gasteiger partial charge in [-0.15, -0.1) is 0 Å². The molecule has 0 saturated carbocycles. The Hall–Kier alpha value is -1.60. The zero-order valence-corrected chi connectivity index (χ0v) is 10.5. The molecule has 1 fully saturated rings. The van der Waals surface area contributed by atoms with E-state index in [9.17, 15) is 23.1 Å². The van der Waals surface area contributed by atoms with Crippen LogP contribution in [0.25, 0.3) is 0 Å². The molecule has 1 aliphatic rings. The normalized spacial score (nSPS) is 19.9. The van der Waals surface area contributed by atoms with Gasteiger partial charge in [0.05, 0.1) is 25.2 Å². The van der Waals surface area contributed by atoms with Crippen LogP contribution >= 0.6 is 0 Å². The Bertz CT molecular complexity index is 481. The number of nitrogens with one attached hydrogen (secondary N) is 1. The van der Waals surface area contributed by atoms with Gasteiger partial charge in [-0.2, -0.15) is 0 Å². The van der Waals surface area contributed by atoms with Gasteiger partial charge in [0.15, 0.2) is 17.5 Å². The van der Waals surface area contributed by atoms with Gasteiger partial charge in [-0.3, -0.25) is 4.79 Å². The molecular weight excluding hydrogens is 275 g/mol. The van der Waals surface area contributed by atoms with E-state index in [0.29, 0.717) is 13.0 Å². The van der Waals surface area contributed by atoms with E-state index in [-0.39, 0.29) is 24.0 Å². The SMILES string of the molecule is O=C(NC(CO)c1cc(F)c(F)c(F)c1)C1CCOC1. The van der Waals surface area contributed by atoms with Crippen molar-refractivity contribution in [1.82, 2.24) is 5.32 Å². The number of halogens is 3. The van der Waals surface area contributed by atoms with Crippen molar-refractivity contribution in [2.45, 2.75) is 12.5 Å².